The molecule has 0 fully saturated rings. The lowest BCUT2D eigenvalue weighted by atomic mass is 10.3. The van der Waals surface area contributed by atoms with Crippen LogP contribution in [0.1, 0.15) is 6.92 Å². The molecule has 0 atom stereocenters. The molecule has 0 aliphatic heterocycles. The van der Waals surface area contributed by atoms with E-state index in [4.69, 9.17) is 4.74 Å². The molecule has 1 aromatic rings. The molecule has 0 radical (unpaired) electrons. The van der Waals surface area contributed by atoms with Crippen molar-refractivity contribution in [2.75, 3.05) is 12.9 Å². The fourth-order valence-corrected chi connectivity index (χ4v) is 2.26. The van der Waals surface area contributed by atoms with Gasteiger partial charge in [-0.05, 0) is 31.4 Å². The fraction of sp³-hybridized carbons (Fsp3) is 0.333. The lowest BCUT2D eigenvalue weighted by molar-refractivity contribution is 0.339. The third kappa shape index (κ3) is 2.99. The van der Waals surface area contributed by atoms with Crippen molar-refractivity contribution < 1.29 is 4.74 Å². The molecule has 0 spiro atoms. The second kappa shape index (κ2) is 5.38. The van der Waals surface area contributed by atoms with Gasteiger partial charge in [0.1, 0.15) is 5.75 Å². The van der Waals surface area contributed by atoms with Gasteiger partial charge in [0.15, 0.2) is 0 Å². The van der Waals surface area contributed by atoms with Crippen LogP contribution in [0.5, 0.6) is 5.75 Å². The molecule has 3 heteroatoms. The number of hydrogen-bond donors (Lipinski definition) is 0. The standard InChI is InChI=1S/C9H12OS2/c1-3-10-8-5-4-6-9(7-8)12-11-2/h4-7H,3H2,1-2H3. The summed E-state index contributed by atoms with van der Waals surface area (Å²) in [6, 6.07) is 8.14. The predicted molar refractivity (Wildman–Crippen MR) is 57.0 cm³/mol. The highest BCUT2D eigenvalue weighted by atomic mass is 33.1. The molecule has 66 valence electrons. The highest BCUT2D eigenvalue weighted by Gasteiger charge is 1.95. The van der Waals surface area contributed by atoms with Crippen LogP contribution in [-0.4, -0.2) is 12.9 Å². The summed E-state index contributed by atoms with van der Waals surface area (Å²) in [5.41, 5.74) is 0. The van der Waals surface area contributed by atoms with Crippen LogP contribution in [0.15, 0.2) is 29.2 Å². The van der Waals surface area contributed by atoms with Crippen LogP contribution in [0.2, 0.25) is 0 Å². The van der Waals surface area contributed by atoms with Crippen molar-refractivity contribution in [3.8, 4) is 5.75 Å². The average molecular weight is 200 g/mol. The van der Waals surface area contributed by atoms with E-state index >= 15 is 0 Å². The van der Waals surface area contributed by atoms with Crippen LogP contribution in [0.25, 0.3) is 0 Å². The normalized spacial score (nSPS) is 9.83. The average Bonchev–Trinajstić information content (AvgIpc) is 2.06. The van der Waals surface area contributed by atoms with Gasteiger partial charge >= 0.3 is 0 Å². The first-order valence-electron chi connectivity index (χ1n) is 3.80. The Bertz CT molecular complexity index is 216. The smallest absolute Gasteiger partial charge is 0.120 e. The molecule has 0 saturated heterocycles. The number of benzene rings is 1. The maximum absolute atomic E-state index is 5.37. The summed E-state index contributed by atoms with van der Waals surface area (Å²) in [5.74, 6) is 0.955. The van der Waals surface area contributed by atoms with Crippen molar-refractivity contribution in [2.45, 2.75) is 11.8 Å². The summed E-state index contributed by atoms with van der Waals surface area (Å²) in [7, 11) is 3.49. The Morgan fingerprint density at radius 3 is 2.92 bits per heavy atom. The van der Waals surface area contributed by atoms with Gasteiger partial charge in [-0.15, -0.1) is 0 Å². The molecule has 0 aromatic heterocycles. The Morgan fingerprint density at radius 1 is 1.42 bits per heavy atom. The van der Waals surface area contributed by atoms with Gasteiger partial charge in [-0.2, -0.15) is 0 Å². The summed E-state index contributed by atoms with van der Waals surface area (Å²) >= 11 is 0. The van der Waals surface area contributed by atoms with E-state index in [9.17, 15) is 0 Å². The van der Waals surface area contributed by atoms with Crippen LogP contribution < -0.4 is 4.74 Å². The molecular formula is C9H12OS2. The molecule has 0 aliphatic rings. The summed E-state index contributed by atoms with van der Waals surface area (Å²) < 4.78 is 5.37. The molecule has 1 aromatic carbocycles. The van der Waals surface area contributed by atoms with E-state index in [0.717, 1.165) is 12.4 Å². The third-order valence-electron chi connectivity index (χ3n) is 1.30. The Kier molecular flexibility index (Phi) is 4.40. The zero-order valence-corrected chi connectivity index (χ0v) is 8.87. The van der Waals surface area contributed by atoms with Crippen LogP contribution in [-0.2, 0) is 0 Å². The zero-order chi connectivity index (χ0) is 8.81. The fourth-order valence-electron chi connectivity index (χ4n) is 0.879. The minimum absolute atomic E-state index is 0.730. The first-order valence-corrected chi connectivity index (χ1v) is 6.36. The van der Waals surface area contributed by atoms with Gasteiger partial charge in [0, 0.05) is 4.90 Å². The highest BCUT2D eigenvalue weighted by molar-refractivity contribution is 8.76. The van der Waals surface area contributed by atoms with E-state index in [0.29, 0.717) is 0 Å². The maximum atomic E-state index is 5.37. The number of hydrogen-bond acceptors (Lipinski definition) is 3. The topological polar surface area (TPSA) is 9.23 Å². The molecule has 12 heavy (non-hydrogen) atoms. The SMILES string of the molecule is CCOc1cccc(SSC)c1. The summed E-state index contributed by atoms with van der Waals surface area (Å²) in [6.45, 7) is 2.72. The van der Waals surface area contributed by atoms with Crippen molar-refractivity contribution in [1.29, 1.82) is 0 Å². The highest BCUT2D eigenvalue weighted by Crippen LogP contribution is 2.30. The van der Waals surface area contributed by atoms with Gasteiger partial charge in [0.05, 0.1) is 6.61 Å². The van der Waals surface area contributed by atoms with E-state index < -0.39 is 0 Å². The molecule has 0 unspecified atom stereocenters. The Balaban J connectivity index is 2.67. The van der Waals surface area contributed by atoms with Crippen LogP contribution in [0.3, 0.4) is 0 Å². The molecule has 1 nitrogen and oxygen atoms in total. The molecule has 0 saturated carbocycles. The Morgan fingerprint density at radius 2 is 2.25 bits per heavy atom. The van der Waals surface area contributed by atoms with E-state index in [2.05, 4.69) is 18.4 Å². The van der Waals surface area contributed by atoms with Crippen molar-refractivity contribution in [3.05, 3.63) is 24.3 Å². The van der Waals surface area contributed by atoms with Crippen molar-refractivity contribution >= 4 is 21.6 Å². The molecule has 0 N–H and O–H groups in total. The van der Waals surface area contributed by atoms with Crippen molar-refractivity contribution in [3.63, 3.8) is 0 Å². The van der Waals surface area contributed by atoms with Crippen molar-refractivity contribution in [1.82, 2.24) is 0 Å². The first-order chi connectivity index (χ1) is 5.86. The maximum Gasteiger partial charge on any atom is 0.120 e. The van der Waals surface area contributed by atoms with Gasteiger partial charge in [-0.1, -0.05) is 27.7 Å². The van der Waals surface area contributed by atoms with E-state index in [1.54, 1.807) is 21.6 Å². The van der Waals surface area contributed by atoms with E-state index in [-0.39, 0.29) is 0 Å². The van der Waals surface area contributed by atoms with Gasteiger partial charge in [0.2, 0.25) is 0 Å². The lowest BCUT2D eigenvalue weighted by Crippen LogP contribution is -1.90. The Labute approximate surface area is 81.3 Å². The second-order valence-corrected chi connectivity index (χ2v) is 4.63. The summed E-state index contributed by atoms with van der Waals surface area (Å²) in [5, 5.41) is 0. The molecule has 0 amide bonds. The zero-order valence-electron chi connectivity index (χ0n) is 7.24. The second-order valence-electron chi connectivity index (χ2n) is 2.16. The van der Waals surface area contributed by atoms with Crippen LogP contribution in [0, 0.1) is 0 Å². The molecule has 0 bridgehead atoms. The summed E-state index contributed by atoms with van der Waals surface area (Å²) in [6.07, 6.45) is 2.07. The van der Waals surface area contributed by atoms with Gasteiger partial charge in [-0.3, -0.25) is 0 Å². The molecule has 1 rings (SSSR count). The van der Waals surface area contributed by atoms with Gasteiger partial charge in [-0.25, -0.2) is 0 Å². The van der Waals surface area contributed by atoms with Gasteiger partial charge < -0.3 is 4.74 Å². The Hall–Kier alpha value is -0.280. The van der Waals surface area contributed by atoms with Gasteiger partial charge in [0.25, 0.3) is 0 Å². The number of rotatable bonds is 4. The van der Waals surface area contributed by atoms with Crippen LogP contribution in [0.4, 0.5) is 0 Å². The first kappa shape index (κ1) is 9.81. The largest absolute Gasteiger partial charge is 0.494 e. The lowest BCUT2D eigenvalue weighted by Gasteiger charge is -2.03. The monoisotopic (exact) mass is 200 g/mol. The summed E-state index contributed by atoms with van der Waals surface area (Å²) in [4.78, 5) is 1.24. The van der Waals surface area contributed by atoms with Crippen molar-refractivity contribution in [2.24, 2.45) is 0 Å². The third-order valence-corrected chi connectivity index (χ3v) is 2.99. The minimum Gasteiger partial charge on any atom is -0.494 e. The van der Waals surface area contributed by atoms with Crippen LogP contribution >= 0.6 is 21.6 Å². The number of ether oxygens (including phenoxy) is 1. The predicted octanol–water partition coefficient (Wildman–Crippen LogP) is 3.46. The quantitative estimate of drug-likeness (QED) is 0.689. The molecular weight excluding hydrogens is 188 g/mol. The molecule has 0 aliphatic carbocycles. The minimum atomic E-state index is 0.730. The molecule has 0 heterocycles. The van der Waals surface area contributed by atoms with E-state index in [1.165, 1.54) is 4.90 Å². The van der Waals surface area contributed by atoms with E-state index in [1.807, 2.05) is 19.1 Å².